The van der Waals surface area contributed by atoms with E-state index in [1.165, 1.54) is 6.26 Å². The summed E-state index contributed by atoms with van der Waals surface area (Å²) < 4.78 is 7.07. The molecule has 6 heteroatoms. The predicted molar refractivity (Wildman–Crippen MR) is 72.7 cm³/mol. The van der Waals surface area contributed by atoms with Crippen LogP contribution in [0.3, 0.4) is 0 Å². The van der Waals surface area contributed by atoms with Gasteiger partial charge in [-0.25, -0.2) is 4.98 Å². The van der Waals surface area contributed by atoms with Crippen LogP contribution in [0.15, 0.2) is 41.5 Å². The van der Waals surface area contributed by atoms with Gasteiger partial charge in [-0.2, -0.15) is 0 Å². The molecule has 108 valence electrons. The Morgan fingerprint density at radius 2 is 2.45 bits per heavy atom. The molecule has 1 unspecified atom stereocenters. The van der Waals surface area contributed by atoms with Gasteiger partial charge in [-0.15, -0.1) is 0 Å². The number of furan rings is 1. The number of amides is 1. The first-order valence-corrected chi connectivity index (χ1v) is 6.57. The minimum atomic E-state index is -1.19. The molecule has 6 nitrogen and oxygen atoms in total. The summed E-state index contributed by atoms with van der Waals surface area (Å²) in [6.45, 7) is 2.49. The highest BCUT2D eigenvalue weighted by Gasteiger charge is 2.26. The van der Waals surface area contributed by atoms with Gasteiger partial charge in [0.05, 0.1) is 19.1 Å². The van der Waals surface area contributed by atoms with Crippen molar-refractivity contribution in [3.8, 4) is 0 Å². The Labute approximate surface area is 117 Å². The zero-order chi connectivity index (χ0) is 14.4. The third-order valence-corrected chi connectivity index (χ3v) is 3.06. The van der Waals surface area contributed by atoms with E-state index in [-0.39, 0.29) is 12.5 Å². The monoisotopic (exact) mass is 277 g/mol. The Morgan fingerprint density at radius 1 is 1.60 bits per heavy atom. The standard InChI is InChI=1S/C14H19N3O3/c1-14(19,12-4-3-9-20-12)10-16-13(18)5-2-7-17-8-6-15-11-17/h3-4,6,8-9,11,19H,2,5,7,10H2,1H3,(H,16,18). The van der Waals surface area contributed by atoms with Gasteiger partial charge in [0.2, 0.25) is 5.91 Å². The number of nitrogens with one attached hydrogen (secondary N) is 1. The molecule has 0 aromatic carbocycles. The van der Waals surface area contributed by atoms with Crippen molar-refractivity contribution in [3.63, 3.8) is 0 Å². The van der Waals surface area contributed by atoms with Gasteiger partial charge in [0.25, 0.3) is 0 Å². The number of hydrogen-bond donors (Lipinski definition) is 2. The highest BCUT2D eigenvalue weighted by atomic mass is 16.4. The minimum Gasteiger partial charge on any atom is -0.466 e. The van der Waals surface area contributed by atoms with E-state index in [4.69, 9.17) is 4.42 Å². The number of hydrogen-bond acceptors (Lipinski definition) is 4. The fraction of sp³-hybridized carbons (Fsp3) is 0.429. The molecule has 2 aromatic rings. The number of aliphatic hydroxyl groups is 1. The second kappa shape index (κ2) is 6.38. The van der Waals surface area contributed by atoms with Gasteiger partial charge >= 0.3 is 0 Å². The Morgan fingerprint density at radius 3 is 3.10 bits per heavy atom. The summed E-state index contributed by atoms with van der Waals surface area (Å²) in [4.78, 5) is 15.6. The number of imidazole rings is 1. The number of aryl methyl sites for hydroxylation is 1. The summed E-state index contributed by atoms with van der Waals surface area (Å²) in [7, 11) is 0. The van der Waals surface area contributed by atoms with Gasteiger partial charge in [0.1, 0.15) is 11.4 Å². The molecule has 0 radical (unpaired) electrons. The van der Waals surface area contributed by atoms with Crippen molar-refractivity contribution < 1.29 is 14.3 Å². The fourth-order valence-corrected chi connectivity index (χ4v) is 1.87. The smallest absolute Gasteiger partial charge is 0.220 e. The number of rotatable bonds is 7. The first kappa shape index (κ1) is 14.3. The van der Waals surface area contributed by atoms with Gasteiger partial charge in [0.15, 0.2) is 0 Å². The molecule has 0 fully saturated rings. The third kappa shape index (κ3) is 3.96. The van der Waals surface area contributed by atoms with Crippen LogP contribution >= 0.6 is 0 Å². The molecule has 20 heavy (non-hydrogen) atoms. The van der Waals surface area contributed by atoms with Crippen LogP contribution in [0.25, 0.3) is 0 Å². The zero-order valence-electron chi connectivity index (χ0n) is 11.5. The fourth-order valence-electron chi connectivity index (χ4n) is 1.87. The Bertz CT molecular complexity index is 518. The molecule has 0 saturated heterocycles. The molecule has 2 heterocycles. The number of nitrogens with zero attached hydrogens (tertiary/aromatic N) is 2. The molecule has 0 aliphatic carbocycles. The highest BCUT2D eigenvalue weighted by molar-refractivity contribution is 5.75. The minimum absolute atomic E-state index is 0.0862. The molecular weight excluding hydrogens is 258 g/mol. The van der Waals surface area contributed by atoms with E-state index in [2.05, 4.69) is 10.3 Å². The average molecular weight is 277 g/mol. The van der Waals surface area contributed by atoms with Gasteiger partial charge in [0, 0.05) is 25.4 Å². The van der Waals surface area contributed by atoms with E-state index in [1.54, 1.807) is 31.6 Å². The van der Waals surface area contributed by atoms with Crippen molar-refractivity contribution in [2.45, 2.75) is 31.9 Å². The second-order valence-corrected chi connectivity index (χ2v) is 4.93. The summed E-state index contributed by atoms with van der Waals surface area (Å²) in [5, 5.41) is 12.9. The van der Waals surface area contributed by atoms with E-state index >= 15 is 0 Å². The topological polar surface area (TPSA) is 80.3 Å². The lowest BCUT2D eigenvalue weighted by Crippen LogP contribution is -2.38. The molecule has 2 aromatic heterocycles. The van der Waals surface area contributed by atoms with E-state index in [0.717, 1.165) is 13.0 Å². The molecule has 0 aliphatic rings. The lowest BCUT2D eigenvalue weighted by Gasteiger charge is -2.21. The van der Waals surface area contributed by atoms with E-state index in [9.17, 15) is 9.90 Å². The largest absolute Gasteiger partial charge is 0.466 e. The molecule has 1 amide bonds. The van der Waals surface area contributed by atoms with E-state index in [0.29, 0.717) is 12.2 Å². The van der Waals surface area contributed by atoms with Crippen molar-refractivity contribution in [2.24, 2.45) is 0 Å². The molecule has 0 bridgehead atoms. The highest BCUT2D eigenvalue weighted by Crippen LogP contribution is 2.19. The third-order valence-electron chi connectivity index (χ3n) is 3.06. The van der Waals surface area contributed by atoms with Crippen molar-refractivity contribution in [3.05, 3.63) is 42.9 Å². The average Bonchev–Trinajstić information content (AvgIpc) is 3.09. The van der Waals surface area contributed by atoms with Crippen molar-refractivity contribution >= 4 is 5.91 Å². The van der Waals surface area contributed by atoms with E-state index in [1.807, 2.05) is 10.8 Å². The van der Waals surface area contributed by atoms with Crippen LogP contribution in [0.4, 0.5) is 0 Å². The number of carbonyl (C=O) groups excluding carboxylic acids is 1. The number of aromatic nitrogens is 2. The van der Waals surface area contributed by atoms with Crippen LogP contribution in [0.2, 0.25) is 0 Å². The number of carbonyl (C=O) groups is 1. The Balaban J connectivity index is 1.69. The molecular formula is C14H19N3O3. The van der Waals surface area contributed by atoms with Gasteiger partial charge in [-0.3, -0.25) is 4.79 Å². The van der Waals surface area contributed by atoms with Crippen LogP contribution in [-0.4, -0.2) is 27.1 Å². The SMILES string of the molecule is CC(O)(CNC(=O)CCCn1ccnc1)c1ccco1. The molecule has 0 aliphatic heterocycles. The molecule has 0 saturated carbocycles. The second-order valence-electron chi connectivity index (χ2n) is 4.93. The van der Waals surface area contributed by atoms with Crippen LogP contribution in [0.5, 0.6) is 0 Å². The maximum Gasteiger partial charge on any atom is 0.220 e. The lowest BCUT2D eigenvalue weighted by atomic mass is 10.0. The van der Waals surface area contributed by atoms with Gasteiger partial charge < -0.3 is 19.4 Å². The summed E-state index contributed by atoms with van der Waals surface area (Å²) >= 11 is 0. The quantitative estimate of drug-likeness (QED) is 0.799. The van der Waals surface area contributed by atoms with E-state index < -0.39 is 5.60 Å². The summed E-state index contributed by atoms with van der Waals surface area (Å²) in [6.07, 6.45) is 7.92. The normalized spacial score (nSPS) is 13.9. The molecule has 1 atom stereocenters. The molecule has 2 rings (SSSR count). The summed E-state index contributed by atoms with van der Waals surface area (Å²) in [5.74, 6) is 0.355. The van der Waals surface area contributed by atoms with Crippen LogP contribution < -0.4 is 5.32 Å². The van der Waals surface area contributed by atoms with Crippen LogP contribution in [0, 0.1) is 0 Å². The summed E-state index contributed by atoms with van der Waals surface area (Å²) in [5.41, 5.74) is -1.19. The first-order valence-electron chi connectivity index (χ1n) is 6.57. The lowest BCUT2D eigenvalue weighted by molar-refractivity contribution is -0.122. The maximum atomic E-state index is 11.7. The maximum absolute atomic E-state index is 11.7. The Hall–Kier alpha value is -2.08. The van der Waals surface area contributed by atoms with Crippen molar-refractivity contribution in [1.82, 2.24) is 14.9 Å². The van der Waals surface area contributed by atoms with Gasteiger partial charge in [-0.1, -0.05) is 0 Å². The van der Waals surface area contributed by atoms with Gasteiger partial charge in [-0.05, 0) is 25.5 Å². The summed E-state index contributed by atoms with van der Waals surface area (Å²) in [6, 6.07) is 3.39. The Kier molecular flexibility index (Phi) is 4.57. The van der Waals surface area contributed by atoms with Crippen molar-refractivity contribution in [2.75, 3.05) is 6.54 Å². The predicted octanol–water partition coefficient (Wildman–Crippen LogP) is 1.28. The molecule has 0 spiro atoms. The first-order chi connectivity index (χ1) is 9.58. The zero-order valence-corrected chi connectivity index (χ0v) is 11.5. The van der Waals surface area contributed by atoms with Crippen LogP contribution in [-0.2, 0) is 16.9 Å². The van der Waals surface area contributed by atoms with Crippen molar-refractivity contribution in [1.29, 1.82) is 0 Å². The van der Waals surface area contributed by atoms with Crippen LogP contribution in [0.1, 0.15) is 25.5 Å². The molecule has 2 N–H and O–H groups in total.